The molecule has 6 heterocycles. The zero-order valence-electron chi connectivity index (χ0n) is 35.2. The van der Waals surface area contributed by atoms with Gasteiger partial charge in [0.25, 0.3) is 0 Å². The number of hydrogen-bond acceptors (Lipinski definition) is 8. The molecule has 306 valence electrons. The van der Waals surface area contributed by atoms with E-state index in [2.05, 4.69) is 163 Å². The van der Waals surface area contributed by atoms with Crippen LogP contribution in [0.15, 0.2) is 208 Å². The van der Waals surface area contributed by atoms with Crippen molar-refractivity contribution >= 4 is 65.2 Å². The molecule has 0 unspecified atom stereocenters. The summed E-state index contributed by atoms with van der Waals surface area (Å²) in [4.78, 5) is 38.2. The van der Waals surface area contributed by atoms with Gasteiger partial charge in [-0.1, -0.05) is 109 Å². The second kappa shape index (κ2) is 15.3. The van der Waals surface area contributed by atoms with Crippen LogP contribution in [0.5, 0.6) is 0 Å². The molecule has 0 atom stereocenters. The molecule has 0 N–H and O–H groups in total. The summed E-state index contributed by atoms with van der Waals surface area (Å²) in [6.45, 7) is 0. The van der Waals surface area contributed by atoms with Gasteiger partial charge < -0.3 is 0 Å². The number of pyridine rings is 4. The van der Waals surface area contributed by atoms with E-state index in [1.54, 1.807) is 37.2 Å². The van der Waals surface area contributed by atoms with E-state index in [9.17, 15) is 0 Å². The Bertz CT molecular complexity index is 3770. The van der Waals surface area contributed by atoms with Gasteiger partial charge in [-0.3, -0.25) is 29.9 Å². The number of nitrogens with zero attached hydrogens (tertiary/aromatic N) is 8. The van der Waals surface area contributed by atoms with E-state index >= 15 is 0 Å². The molecule has 13 rings (SSSR count). The van der Waals surface area contributed by atoms with Gasteiger partial charge in [0, 0.05) is 105 Å². The quantitative estimate of drug-likeness (QED) is 0.120. The van der Waals surface area contributed by atoms with Gasteiger partial charge in [-0.2, -0.15) is 0 Å². The van der Waals surface area contributed by atoms with Crippen molar-refractivity contribution in [2.45, 2.75) is 0 Å². The normalized spacial score (nSPS) is 11.6. The fourth-order valence-corrected chi connectivity index (χ4v) is 9.65. The maximum Gasteiger partial charge on any atom is 0.0979 e. The number of aromatic nitrogens is 8. The minimum absolute atomic E-state index is 0.815. The molecule has 0 saturated carbocycles. The van der Waals surface area contributed by atoms with Crippen molar-refractivity contribution in [2.24, 2.45) is 0 Å². The summed E-state index contributed by atoms with van der Waals surface area (Å²) >= 11 is 0. The highest BCUT2D eigenvalue weighted by molar-refractivity contribution is 6.21. The van der Waals surface area contributed by atoms with Crippen molar-refractivity contribution in [1.29, 1.82) is 0 Å². The topological polar surface area (TPSA) is 103 Å². The summed E-state index contributed by atoms with van der Waals surface area (Å²) < 4.78 is 0. The Morgan fingerprint density at radius 1 is 0.288 bits per heavy atom. The highest BCUT2D eigenvalue weighted by Crippen LogP contribution is 2.44. The average Bonchev–Trinajstić information content (AvgIpc) is 3.39. The monoisotopic (exact) mass is 842 g/mol. The first kappa shape index (κ1) is 37.4. The van der Waals surface area contributed by atoms with Crippen molar-refractivity contribution in [1.82, 2.24) is 39.9 Å². The molecule has 0 spiro atoms. The van der Waals surface area contributed by atoms with E-state index in [4.69, 9.17) is 9.97 Å². The van der Waals surface area contributed by atoms with E-state index in [-0.39, 0.29) is 0 Å². The van der Waals surface area contributed by atoms with E-state index in [1.165, 1.54) is 0 Å². The molecule has 6 aromatic heterocycles. The first-order chi connectivity index (χ1) is 32.7. The SMILES string of the molecule is c1cncc(-c2c3ccc(-c4cccc5ccc(-c6cnccn6)cc45)cc3nc3c2ccc2c(-c4cccnc4)c4ccc(-c5cccc6ccc(-c7cnccn7)cc56)cc4nc23)c1. The smallest absolute Gasteiger partial charge is 0.0979 e. The van der Waals surface area contributed by atoms with Crippen LogP contribution in [0.1, 0.15) is 0 Å². The van der Waals surface area contributed by atoms with Crippen LogP contribution in [0.3, 0.4) is 0 Å². The van der Waals surface area contributed by atoms with Crippen molar-refractivity contribution in [3.8, 4) is 67.0 Å². The lowest BCUT2D eigenvalue weighted by Gasteiger charge is -2.17. The molecule has 0 aliphatic carbocycles. The summed E-state index contributed by atoms with van der Waals surface area (Å²) in [5, 5.41) is 8.60. The summed E-state index contributed by atoms with van der Waals surface area (Å²) in [7, 11) is 0. The Morgan fingerprint density at radius 3 is 1.18 bits per heavy atom. The van der Waals surface area contributed by atoms with Crippen molar-refractivity contribution in [3.05, 3.63) is 208 Å². The van der Waals surface area contributed by atoms with Gasteiger partial charge >= 0.3 is 0 Å². The van der Waals surface area contributed by atoms with Crippen LogP contribution < -0.4 is 0 Å². The molecular weight excluding hydrogens is 809 g/mol. The van der Waals surface area contributed by atoms with E-state index < -0.39 is 0 Å². The first-order valence-electron chi connectivity index (χ1n) is 21.8. The second-order valence-corrected chi connectivity index (χ2v) is 16.4. The van der Waals surface area contributed by atoms with Crippen molar-refractivity contribution in [2.75, 3.05) is 0 Å². The Hall–Kier alpha value is -9.14. The van der Waals surface area contributed by atoms with Gasteiger partial charge in [-0.05, 0) is 80.2 Å². The van der Waals surface area contributed by atoms with Gasteiger partial charge in [-0.25, -0.2) is 9.97 Å². The fraction of sp³-hybridized carbons (Fsp3) is 0. The Morgan fingerprint density at radius 2 is 0.742 bits per heavy atom. The molecule has 0 radical (unpaired) electrons. The zero-order valence-corrected chi connectivity index (χ0v) is 35.2. The maximum atomic E-state index is 5.60. The zero-order chi connectivity index (χ0) is 43.6. The lowest BCUT2D eigenvalue weighted by atomic mass is 9.90. The third kappa shape index (κ3) is 6.23. The van der Waals surface area contributed by atoms with E-state index in [0.717, 1.165) is 132 Å². The number of hydrogen-bond donors (Lipinski definition) is 0. The summed E-state index contributed by atoms with van der Waals surface area (Å²) in [5.74, 6) is 0. The Balaban J connectivity index is 1.07. The predicted molar refractivity (Wildman–Crippen MR) is 266 cm³/mol. The molecule has 66 heavy (non-hydrogen) atoms. The lowest BCUT2D eigenvalue weighted by Crippen LogP contribution is -1.96. The first-order valence-corrected chi connectivity index (χ1v) is 21.8. The Kier molecular flexibility index (Phi) is 8.67. The lowest BCUT2D eigenvalue weighted by molar-refractivity contribution is 1.21. The van der Waals surface area contributed by atoms with Crippen LogP contribution in [0.4, 0.5) is 0 Å². The minimum atomic E-state index is 0.815. The van der Waals surface area contributed by atoms with Gasteiger partial charge in [0.2, 0.25) is 0 Å². The third-order valence-corrected chi connectivity index (χ3v) is 12.7. The van der Waals surface area contributed by atoms with Crippen LogP contribution in [0, 0.1) is 0 Å². The maximum absolute atomic E-state index is 5.60. The van der Waals surface area contributed by atoms with E-state index in [1.807, 2.05) is 36.9 Å². The summed E-state index contributed by atoms with van der Waals surface area (Å²) in [6, 6.07) is 51.7. The molecule has 0 aliphatic rings. The van der Waals surface area contributed by atoms with Crippen LogP contribution in [-0.2, 0) is 0 Å². The molecule has 7 aromatic carbocycles. The standard InChI is InChI=1S/C58H34N8/c1-5-35-11-13-39(53-33-61-23-25-63-53)27-49(35)43(9-1)37-15-17-45-51(29-37)65-57-47(55(45)41-7-3-21-59-31-41)19-20-48-56(42-8-4-22-60-32-42)46-18-16-38(30-52(46)66-58(48)57)44-10-2-6-36-12-14-40(28-50(36)44)54-34-62-24-26-64-54/h1-34H. The van der Waals surface area contributed by atoms with Crippen LogP contribution in [-0.4, -0.2) is 39.9 Å². The van der Waals surface area contributed by atoms with Gasteiger partial charge in [0.05, 0.1) is 45.8 Å². The highest BCUT2D eigenvalue weighted by atomic mass is 14.8. The van der Waals surface area contributed by atoms with Crippen LogP contribution >= 0.6 is 0 Å². The van der Waals surface area contributed by atoms with Crippen molar-refractivity contribution in [3.63, 3.8) is 0 Å². The molecule has 13 aromatic rings. The summed E-state index contributed by atoms with van der Waals surface area (Å²) in [5.41, 5.74) is 15.5. The molecule has 8 nitrogen and oxygen atoms in total. The van der Waals surface area contributed by atoms with Crippen molar-refractivity contribution < 1.29 is 0 Å². The molecule has 0 fully saturated rings. The van der Waals surface area contributed by atoms with Gasteiger partial charge in [0.1, 0.15) is 0 Å². The minimum Gasteiger partial charge on any atom is -0.264 e. The molecule has 0 aliphatic heterocycles. The molecule has 0 saturated heterocycles. The largest absolute Gasteiger partial charge is 0.264 e. The van der Waals surface area contributed by atoms with Crippen LogP contribution in [0.25, 0.3) is 132 Å². The van der Waals surface area contributed by atoms with Crippen LogP contribution in [0.2, 0.25) is 0 Å². The van der Waals surface area contributed by atoms with E-state index in [0.29, 0.717) is 0 Å². The van der Waals surface area contributed by atoms with Gasteiger partial charge in [-0.15, -0.1) is 0 Å². The fourth-order valence-electron chi connectivity index (χ4n) is 9.65. The average molecular weight is 843 g/mol. The van der Waals surface area contributed by atoms with Gasteiger partial charge in [0.15, 0.2) is 0 Å². The second-order valence-electron chi connectivity index (χ2n) is 16.4. The highest BCUT2D eigenvalue weighted by Gasteiger charge is 2.20. The molecule has 0 bridgehead atoms. The molecule has 8 heteroatoms. The molecule has 0 amide bonds. The number of benzene rings is 7. The predicted octanol–water partition coefficient (Wildman–Crippen LogP) is 13.8. The Labute approximate surface area is 378 Å². The third-order valence-electron chi connectivity index (χ3n) is 12.7. The number of rotatable bonds is 6. The molecular formula is C58H34N8. The summed E-state index contributed by atoms with van der Waals surface area (Å²) in [6.07, 6.45) is 18.0. The number of fused-ring (bicyclic) bond motifs is 7.